The molecule has 1 atom stereocenters. The van der Waals surface area contributed by atoms with E-state index in [1.54, 1.807) is 30.5 Å². The highest BCUT2D eigenvalue weighted by atomic mass is 19.1. The van der Waals surface area contributed by atoms with Crippen LogP contribution in [-0.4, -0.2) is 29.0 Å². The van der Waals surface area contributed by atoms with Crippen LogP contribution in [0.2, 0.25) is 0 Å². The Morgan fingerprint density at radius 3 is 3.00 bits per heavy atom. The average molecular weight is 357 g/mol. The van der Waals surface area contributed by atoms with E-state index in [2.05, 4.69) is 17.2 Å². The van der Waals surface area contributed by atoms with Gasteiger partial charge in [-0.2, -0.15) is 0 Å². The quantitative estimate of drug-likeness (QED) is 0.885. The fraction of sp³-hybridized carbons (Fsp3) is 0.400. The van der Waals surface area contributed by atoms with Crippen molar-refractivity contribution in [1.82, 2.24) is 15.2 Å². The van der Waals surface area contributed by atoms with Crippen LogP contribution in [0.4, 0.5) is 9.18 Å². The van der Waals surface area contributed by atoms with Crippen LogP contribution in [0.15, 0.2) is 42.7 Å². The molecule has 0 spiro atoms. The topological polar surface area (TPSA) is 54.5 Å². The Bertz CT molecular complexity index is 739. The van der Waals surface area contributed by atoms with Gasteiger partial charge in [-0.25, -0.2) is 9.18 Å². The molecular formula is C20H24FN3O2. The molecule has 0 unspecified atom stereocenters. The Labute approximate surface area is 153 Å². The number of urea groups is 1. The number of carbonyl (C=O) groups excluding carboxylic acids is 1. The second-order valence-corrected chi connectivity index (χ2v) is 6.74. The zero-order valence-corrected chi connectivity index (χ0v) is 15.0. The van der Waals surface area contributed by atoms with E-state index in [4.69, 9.17) is 4.74 Å². The maximum absolute atomic E-state index is 14.2. The van der Waals surface area contributed by atoms with E-state index in [0.29, 0.717) is 17.2 Å². The number of amides is 2. The molecule has 1 aromatic heterocycles. The third kappa shape index (κ3) is 4.94. The van der Waals surface area contributed by atoms with Gasteiger partial charge in [0.25, 0.3) is 0 Å². The fourth-order valence-corrected chi connectivity index (χ4v) is 3.03. The van der Waals surface area contributed by atoms with Crippen LogP contribution >= 0.6 is 0 Å². The first-order valence-electron chi connectivity index (χ1n) is 9.01. The zero-order chi connectivity index (χ0) is 18.4. The summed E-state index contributed by atoms with van der Waals surface area (Å²) in [4.78, 5) is 18.1. The van der Waals surface area contributed by atoms with E-state index in [9.17, 15) is 9.18 Å². The van der Waals surface area contributed by atoms with Gasteiger partial charge in [-0.3, -0.25) is 4.98 Å². The van der Waals surface area contributed by atoms with Crippen molar-refractivity contribution >= 4 is 6.03 Å². The molecule has 5 nitrogen and oxygen atoms in total. The molecule has 1 N–H and O–H groups in total. The van der Waals surface area contributed by atoms with Gasteiger partial charge in [0.2, 0.25) is 0 Å². The predicted molar refractivity (Wildman–Crippen MR) is 97.5 cm³/mol. The Balaban J connectivity index is 1.55. The van der Waals surface area contributed by atoms with E-state index in [0.717, 1.165) is 32.4 Å². The lowest BCUT2D eigenvalue weighted by atomic mass is 10.0. The van der Waals surface area contributed by atoms with E-state index in [-0.39, 0.29) is 18.3 Å². The smallest absolute Gasteiger partial charge is 0.317 e. The highest BCUT2D eigenvalue weighted by Gasteiger charge is 2.18. The summed E-state index contributed by atoms with van der Waals surface area (Å²) < 4.78 is 19.7. The standard InChI is InChI=1S/C20H24FN3O2/c1-15-4-3-10-24(11-8-15)20(25)23-13-16-6-7-19(18(21)12-16)26-17-5-2-9-22-14-17/h2,5-7,9,12,14-15H,3-4,8,10-11,13H2,1H3,(H,23,25)/t15-/m0/s1. The van der Waals surface area contributed by atoms with Gasteiger partial charge < -0.3 is 15.0 Å². The molecule has 0 radical (unpaired) electrons. The van der Waals surface area contributed by atoms with Crippen molar-refractivity contribution in [1.29, 1.82) is 0 Å². The first-order valence-corrected chi connectivity index (χ1v) is 9.01. The normalized spacial score (nSPS) is 17.5. The summed E-state index contributed by atoms with van der Waals surface area (Å²) in [7, 11) is 0. The molecule has 1 aliphatic heterocycles. The predicted octanol–water partition coefficient (Wildman–Crippen LogP) is 4.34. The van der Waals surface area contributed by atoms with E-state index in [1.807, 2.05) is 4.90 Å². The highest BCUT2D eigenvalue weighted by Crippen LogP contribution is 2.24. The maximum Gasteiger partial charge on any atom is 0.317 e. The molecule has 6 heteroatoms. The van der Waals surface area contributed by atoms with Crippen LogP contribution in [0, 0.1) is 11.7 Å². The number of nitrogens with one attached hydrogen (secondary N) is 1. The summed E-state index contributed by atoms with van der Waals surface area (Å²) >= 11 is 0. The van der Waals surface area contributed by atoms with Crippen LogP contribution in [0.3, 0.4) is 0 Å². The number of ether oxygens (including phenoxy) is 1. The van der Waals surface area contributed by atoms with Gasteiger partial charge in [0.1, 0.15) is 5.75 Å². The lowest BCUT2D eigenvalue weighted by Gasteiger charge is -2.21. The molecule has 1 aliphatic rings. The van der Waals surface area contributed by atoms with Crippen LogP contribution < -0.4 is 10.1 Å². The Kier molecular flexibility index (Phi) is 6.04. The molecule has 2 amide bonds. The van der Waals surface area contributed by atoms with Crippen LogP contribution in [0.25, 0.3) is 0 Å². The number of halogens is 1. The summed E-state index contributed by atoms with van der Waals surface area (Å²) in [5.74, 6) is 0.802. The number of pyridine rings is 1. The number of hydrogen-bond donors (Lipinski definition) is 1. The minimum atomic E-state index is -0.468. The molecule has 2 heterocycles. The zero-order valence-electron chi connectivity index (χ0n) is 15.0. The van der Waals surface area contributed by atoms with Crippen molar-refractivity contribution in [3.8, 4) is 11.5 Å². The van der Waals surface area contributed by atoms with Crippen molar-refractivity contribution in [3.05, 3.63) is 54.1 Å². The van der Waals surface area contributed by atoms with E-state index in [1.165, 1.54) is 12.3 Å². The van der Waals surface area contributed by atoms with Gasteiger partial charge in [0.15, 0.2) is 11.6 Å². The number of hydrogen-bond acceptors (Lipinski definition) is 3. The van der Waals surface area contributed by atoms with Crippen molar-refractivity contribution < 1.29 is 13.9 Å². The van der Waals surface area contributed by atoms with Crippen LogP contribution in [0.5, 0.6) is 11.5 Å². The average Bonchev–Trinajstić information content (AvgIpc) is 2.87. The third-order valence-electron chi connectivity index (χ3n) is 4.61. The SMILES string of the molecule is C[C@H]1CCCN(C(=O)NCc2ccc(Oc3cccnc3)c(F)c2)CC1. The Hall–Kier alpha value is -2.63. The van der Waals surface area contributed by atoms with Gasteiger partial charge in [-0.1, -0.05) is 13.0 Å². The largest absolute Gasteiger partial charge is 0.453 e. The summed E-state index contributed by atoms with van der Waals surface area (Å²) in [6.07, 6.45) is 6.37. The monoisotopic (exact) mass is 357 g/mol. The highest BCUT2D eigenvalue weighted by molar-refractivity contribution is 5.74. The van der Waals surface area contributed by atoms with Gasteiger partial charge in [-0.15, -0.1) is 0 Å². The second kappa shape index (κ2) is 8.65. The van der Waals surface area contributed by atoms with Gasteiger partial charge >= 0.3 is 6.03 Å². The Morgan fingerprint density at radius 2 is 2.23 bits per heavy atom. The van der Waals surface area contributed by atoms with Gasteiger partial charge in [-0.05, 0) is 55.0 Å². The van der Waals surface area contributed by atoms with E-state index < -0.39 is 5.82 Å². The summed E-state index contributed by atoms with van der Waals surface area (Å²) in [6, 6.07) is 8.05. The fourth-order valence-electron chi connectivity index (χ4n) is 3.03. The molecule has 26 heavy (non-hydrogen) atoms. The lowest BCUT2D eigenvalue weighted by Crippen LogP contribution is -2.40. The minimum absolute atomic E-state index is 0.0878. The molecular weight excluding hydrogens is 333 g/mol. The van der Waals surface area contributed by atoms with Crippen LogP contribution in [0.1, 0.15) is 31.7 Å². The number of likely N-dealkylation sites (tertiary alicyclic amines) is 1. The van der Waals surface area contributed by atoms with Crippen molar-refractivity contribution in [2.24, 2.45) is 5.92 Å². The second-order valence-electron chi connectivity index (χ2n) is 6.74. The van der Waals surface area contributed by atoms with Gasteiger partial charge in [0, 0.05) is 25.8 Å². The number of carbonyl (C=O) groups is 1. The van der Waals surface area contributed by atoms with Crippen molar-refractivity contribution in [2.45, 2.75) is 32.7 Å². The summed E-state index contributed by atoms with van der Waals surface area (Å²) in [6.45, 7) is 4.07. The number of rotatable bonds is 4. The molecule has 3 rings (SSSR count). The van der Waals surface area contributed by atoms with Crippen molar-refractivity contribution in [3.63, 3.8) is 0 Å². The number of nitrogens with zero attached hydrogens (tertiary/aromatic N) is 2. The number of benzene rings is 1. The lowest BCUT2D eigenvalue weighted by molar-refractivity contribution is 0.199. The Morgan fingerprint density at radius 1 is 1.35 bits per heavy atom. The van der Waals surface area contributed by atoms with Gasteiger partial charge in [0.05, 0.1) is 6.20 Å². The van der Waals surface area contributed by atoms with Crippen LogP contribution in [-0.2, 0) is 6.54 Å². The molecule has 138 valence electrons. The molecule has 0 aliphatic carbocycles. The molecule has 2 aromatic rings. The molecule has 0 saturated carbocycles. The summed E-state index contributed by atoms with van der Waals surface area (Å²) in [5, 5.41) is 2.88. The molecule has 0 bridgehead atoms. The third-order valence-corrected chi connectivity index (χ3v) is 4.61. The van der Waals surface area contributed by atoms with E-state index >= 15 is 0 Å². The first-order chi connectivity index (χ1) is 12.6. The molecule has 1 saturated heterocycles. The minimum Gasteiger partial charge on any atom is -0.453 e. The molecule has 1 aromatic carbocycles. The maximum atomic E-state index is 14.2. The number of aromatic nitrogens is 1. The van der Waals surface area contributed by atoms with Crippen molar-refractivity contribution in [2.75, 3.05) is 13.1 Å². The molecule has 1 fully saturated rings. The first kappa shape index (κ1) is 18.2. The summed E-state index contributed by atoms with van der Waals surface area (Å²) in [5.41, 5.74) is 0.692.